The maximum Gasteiger partial charge on any atom is 0.203 e. The van der Waals surface area contributed by atoms with Crippen molar-refractivity contribution in [3.63, 3.8) is 0 Å². The minimum Gasteiger partial charge on any atom is -0.508 e. The van der Waals surface area contributed by atoms with Crippen molar-refractivity contribution < 1.29 is 24.1 Å². The Hall–Kier alpha value is -2.56. The van der Waals surface area contributed by atoms with Crippen molar-refractivity contribution in [1.82, 2.24) is 0 Å². The van der Waals surface area contributed by atoms with E-state index in [9.17, 15) is 19.4 Å². The number of rotatable bonds is 6. The van der Waals surface area contributed by atoms with Crippen LogP contribution in [0.2, 0.25) is 0 Å². The molecule has 0 spiro atoms. The normalized spacial score (nSPS) is 10.5. The molecule has 2 aromatic rings. The van der Waals surface area contributed by atoms with Crippen LogP contribution in [0.5, 0.6) is 17.2 Å². The van der Waals surface area contributed by atoms with Crippen LogP contribution in [-0.2, 0) is 6.42 Å². The average Bonchev–Trinajstić information content (AvgIpc) is 2.48. The summed E-state index contributed by atoms with van der Waals surface area (Å²) in [6.07, 6.45) is 1.39. The Bertz CT molecular complexity index is 682. The van der Waals surface area contributed by atoms with E-state index in [2.05, 4.69) is 0 Å². The van der Waals surface area contributed by atoms with Gasteiger partial charge in [0.1, 0.15) is 23.1 Å². The fourth-order valence-corrected chi connectivity index (χ4v) is 2.10. The zero-order valence-corrected chi connectivity index (χ0v) is 12.2. The standard InChI is InChI=1S/C17H17FO4/c1-2-4-11-7-14(16(20)9-15(11)19)17(21)10-22-13-6-3-5-12(18)8-13/h3,5-9,19-20H,2,4,10H2,1H3. The third-order valence-electron chi connectivity index (χ3n) is 3.18. The van der Waals surface area contributed by atoms with Crippen molar-refractivity contribution in [2.24, 2.45) is 0 Å². The zero-order valence-electron chi connectivity index (χ0n) is 12.2. The molecule has 0 saturated heterocycles. The molecule has 0 saturated carbocycles. The van der Waals surface area contributed by atoms with Crippen molar-refractivity contribution in [1.29, 1.82) is 0 Å². The first-order valence-corrected chi connectivity index (χ1v) is 6.97. The van der Waals surface area contributed by atoms with E-state index in [1.54, 1.807) is 0 Å². The molecule has 2 N–H and O–H groups in total. The van der Waals surface area contributed by atoms with Crippen LogP contribution in [0.25, 0.3) is 0 Å². The number of aromatic hydroxyl groups is 2. The summed E-state index contributed by atoms with van der Waals surface area (Å²) in [6, 6.07) is 8.08. The van der Waals surface area contributed by atoms with E-state index < -0.39 is 11.6 Å². The number of halogens is 1. The largest absolute Gasteiger partial charge is 0.508 e. The monoisotopic (exact) mass is 304 g/mol. The van der Waals surface area contributed by atoms with Gasteiger partial charge in [0.15, 0.2) is 6.61 Å². The summed E-state index contributed by atoms with van der Waals surface area (Å²) >= 11 is 0. The Morgan fingerprint density at radius 3 is 2.64 bits per heavy atom. The predicted octanol–water partition coefficient (Wildman–Crippen LogP) is 3.45. The van der Waals surface area contributed by atoms with Crippen LogP contribution < -0.4 is 4.74 Å². The summed E-state index contributed by atoms with van der Waals surface area (Å²) < 4.78 is 18.3. The Labute approximate surface area is 127 Å². The lowest BCUT2D eigenvalue weighted by Gasteiger charge is -2.10. The molecule has 0 aliphatic carbocycles. The van der Waals surface area contributed by atoms with E-state index in [1.165, 1.54) is 30.3 Å². The Morgan fingerprint density at radius 2 is 1.95 bits per heavy atom. The Balaban J connectivity index is 2.13. The second-order valence-corrected chi connectivity index (χ2v) is 4.92. The lowest BCUT2D eigenvalue weighted by Crippen LogP contribution is -2.12. The number of carbonyl (C=O) groups excluding carboxylic acids is 1. The minimum atomic E-state index is -0.456. The quantitative estimate of drug-likeness (QED) is 0.802. The van der Waals surface area contributed by atoms with Crippen molar-refractivity contribution in [2.45, 2.75) is 19.8 Å². The fourth-order valence-electron chi connectivity index (χ4n) is 2.10. The van der Waals surface area contributed by atoms with E-state index in [0.717, 1.165) is 12.5 Å². The molecule has 22 heavy (non-hydrogen) atoms. The number of ketones is 1. The molecule has 2 rings (SSSR count). The van der Waals surface area contributed by atoms with E-state index in [-0.39, 0.29) is 29.4 Å². The third-order valence-corrected chi connectivity index (χ3v) is 3.18. The molecule has 5 heteroatoms. The molecule has 0 unspecified atom stereocenters. The predicted molar refractivity (Wildman–Crippen MR) is 80.0 cm³/mol. The van der Waals surface area contributed by atoms with Gasteiger partial charge in [-0.2, -0.15) is 0 Å². The van der Waals surface area contributed by atoms with Gasteiger partial charge in [-0.3, -0.25) is 4.79 Å². The van der Waals surface area contributed by atoms with Crippen molar-refractivity contribution in [2.75, 3.05) is 6.61 Å². The molecular weight excluding hydrogens is 287 g/mol. The fraction of sp³-hybridized carbons (Fsp3) is 0.235. The van der Waals surface area contributed by atoms with Crippen LogP contribution in [0, 0.1) is 5.82 Å². The van der Waals surface area contributed by atoms with E-state index >= 15 is 0 Å². The van der Waals surface area contributed by atoms with Crippen LogP contribution in [0.4, 0.5) is 4.39 Å². The molecule has 0 aromatic heterocycles. The molecule has 0 atom stereocenters. The first kappa shape index (κ1) is 15.8. The molecule has 0 aliphatic heterocycles. The molecule has 0 fully saturated rings. The molecule has 0 radical (unpaired) electrons. The molecule has 0 aliphatic rings. The molecule has 0 bridgehead atoms. The first-order chi connectivity index (χ1) is 10.5. The van der Waals surface area contributed by atoms with Crippen molar-refractivity contribution >= 4 is 5.78 Å². The topological polar surface area (TPSA) is 66.8 Å². The van der Waals surface area contributed by atoms with Crippen LogP contribution in [0.1, 0.15) is 29.3 Å². The smallest absolute Gasteiger partial charge is 0.203 e. The molecule has 0 heterocycles. The van der Waals surface area contributed by atoms with Crippen LogP contribution in [0.15, 0.2) is 36.4 Å². The highest BCUT2D eigenvalue weighted by Crippen LogP contribution is 2.28. The Kier molecular flexibility index (Phi) is 4.99. The number of Topliss-reactive ketones (excluding diaryl/α,β-unsaturated/α-hetero) is 1. The highest BCUT2D eigenvalue weighted by molar-refractivity contribution is 6.00. The van der Waals surface area contributed by atoms with Crippen LogP contribution in [0.3, 0.4) is 0 Å². The Morgan fingerprint density at radius 1 is 1.18 bits per heavy atom. The van der Waals surface area contributed by atoms with Gasteiger partial charge in [-0.15, -0.1) is 0 Å². The lowest BCUT2D eigenvalue weighted by atomic mass is 10.0. The van der Waals surface area contributed by atoms with Crippen LogP contribution >= 0.6 is 0 Å². The summed E-state index contributed by atoms with van der Waals surface area (Å²) in [6.45, 7) is 1.62. The summed E-state index contributed by atoms with van der Waals surface area (Å²) in [5.41, 5.74) is 0.673. The van der Waals surface area contributed by atoms with Gasteiger partial charge in [0.25, 0.3) is 0 Å². The molecule has 2 aromatic carbocycles. The van der Waals surface area contributed by atoms with Gasteiger partial charge in [0, 0.05) is 12.1 Å². The van der Waals surface area contributed by atoms with Gasteiger partial charge in [-0.05, 0) is 30.2 Å². The maximum atomic E-state index is 13.0. The average molecular weight is 304 g/mol. The molecule has 4 nitrogen and oxygen atoms in total. The number of ether oxygens (including phenoxy) is 1. The number of aryl methyl sites for hydroxylation is 1. The lowest BCUT2D eigenvalue weighted by molar-refractivity contribution is 0.0918. The molecule has 0 amide bonds. The van der Waals surface area contributed by atoms with E-state index in [1.807, 2.05) is 6.92 Å². The number of carbonyl (C=O) groups is 1. The highest BCUT2D eigenvalue weighted by Gasteiger charge is 2.15. The van der Waals surface area contributed by atoms with E-state index in [0.29, 0.717) is 12.0 Å². The van der Waals surface area contributed by atoms with Crippen LogP contribution in [-0.4, -0.2) is 22.6 Å². The number of hydrogen-bond acceptors (Lipinski definition) is 4. The molecular formula is C17H17FO4. The third kappa shape index (κ3) is 3.75. The summed E-state index contributed by atoms with van der Waals surface area (Å²) in [7, 11) is 0. The summed E-state index contributed by atoms with van der Waals surface area (Å²) in [4.78, 5) is 12.1. The van der Waals surface area contributed by atoms with Crippen molar-refractivity contribution in [3.05, 3.63) is 53.3 Å². The number of benzene rings is 2. The van der Waals surface area contributed by atoms with Gasteiger partial charge in [-0.25, -0.2) is 4.39 Å². The number of phenols is 2. The van der Waals surface area contributed by atoms with Crippen molar-refractivity contribution in [3.8, 4) is 17.2 Å². The highest BCUT2D eigenvalue weighted by atomic mass is 19.1. The van der Waals surface area contributed by atoms with Gasteiger partial charge < -0.3 is 14.9 Å². The van der Waals surface area contributed by atoms with Gasteiger partial charge in [0.2, 0.25) is 5.78 Å². The number of phenolic OH excluding ortho intramolecular Hbond substituents is 2. The summed E-state index contributed by atoms with van der Waals surface area (Å²) in [5.74, 6) is -1.01. The second kappa shape index (κ2) is 6.93. The van der Waals surface area contributed by atoms with Gasteiger partial charge in [0.05, 0.1) is 5.56 Å². The van der Waals surface area contributed by atoms with Gasteiger partial charge >= 0.3 is 0 Å². The zero-order chi connectivity index (χ0) is 16.1. The first-order valence-electron chi connectivity index (χ1n) is 6.97. The number of hydrogen-bond donors (Lipinski definition) is 2. The van der Waals surface area contributed by atoms with E-state index in [4.69, 9.17) is 4.74 Å². The summed E-state index contributed by atoms with van der Waals surface area (Å²) in [5, 5.41) is 19.5. The van der Waals surface area contributed by atoms with Gasteiger partial charge in [-0.1, -0.05) is 19.4 Å². The SMILES string of the molecule is CCCc1cc(C(=O)COc2cccc(F)c2)c(O)cc1O. The maximum absolute atomic E-state index is 13.0. The minimum absolute atomic E-state index is 0.0399. The molecule has 116 valence electrons. The second-order valence-electron chi connectivity index (χ2n) is 4.92.